The van der Waals surface area contributed by atoms with Crippen LogP contribution in [-0.4, -0.2) is 49.9 Å². The first kappa shape index (κ1) is 22.0. The monoisotopic (exact) mass is 408 g/mol. The molecule has 0 aromatic heterocycles. The van der Waals surface area contributed by atoms with Crippen molar-refractivity contribution in [2.75, 3.05) is 27.4 Å². The second kappa shape index (κ2) is 7.46. The van der Waals surface area contributed by atoms with E-state index in [9.17, 15) is 10.2 Å². The van der Waals surface area contributed by atoms with Crippen molar-refractivity contribution in [3.8, 4) is 0 Å². The third-order valence-corrected chi connectivity index (χ3v) is 10.3. The molecule has 0 saturated heterocycles. The number of aliphatic hydroxyl groups excluding tert-OH is 2. The lowest BCUT2D eigenvalue weighted by molar-refractivity contribution is -0.110. The zero-order valence-corrected chi connectivity index (χ0v) is 19.5. The first-order valence-corrected chi connectivity index (χ1v) is 11.9. The molecule has 4 heteroatoms. The van der Waals surface area contributed by atoms with Crippen LogP contribution in [0.15, 0.2) is 0 Å². The first-order chi connectivity index (χ1) is 13.6. The van der Waals surface area contributed by atoms with Gasteiger partial charge in [-0.1, -0.05) is 27.7 Å². The molecule has 0 aliphatic heterocycles. The van der Waals surface area contributed by atoms with Crippen molar-refractivity contribution < 1.29 is 19.7 Å². The summed E-state index contributed by atoms with van der Waals surface area (Å²) in [6, 6.07) is 0. The highest BCUT2D eigenvalue weighted by atomic mass is 16.5. The van der Waals surface area contributed by atoms with Gasteiger partial charge in [0.15, 0.2) is 0 Å². The quantitative estimate of drug-likeness (QED) is 0.734. The van der Waals surface area contributed by atoms with Crippen molar-refractivity contribution in [2.45, 2.75) is 78.4 Å². The number of hydrogen-bond donors (Lipinski definition) is 2. The van der Waals surface area contributed by atoms with Gasteiger partial charge in [0, 0.05) is 27.4 Å². The van der Waals surface area contributed by atoms with E-state index in [1.165, 1.54) is 12.8 Å². The predicted molar refractivity (Wildman–Crippen MR) is 114 cm³/mol. The Morgan fingerprint density at radius 3 is 1.48 bits per heavy atom. The molecular weight excluding hydrogens is 364 g/mol. The highest BCUT2D eigenvalue weighted by Gasteiger charge is 2.69. The number of aliphatic hydroxyl groups is 2. The standard InChI is InChI=1S/C25H44O4/c1-23(2)13-25(19-8-16(12-27)15(11-26)7-17(19)23)14-24(3,4)18-9-21(28-5)22(29-6)10-20(18)25/h15-22,26-27H,7-14H2,1-6H3. The Balaban J connectivity index is 1.73. The number of fused-ring (bicyclic) bond motifs is 4. The summed E-state index contributed by atoms with van der Waals surface area (Å²) in [4.78, 5) is 0. The topological polar surface area (TPSA) is 58.9 Å². The van der Waals surface area contributed by atoms with Crippen molar-refractivity contribution >= 4 is 0 Å². The fourth-order valence-corrected chi connectivity index (χ4v) is 9.26. The van der Waals surface area contributed by atoms with Gasteiger partial charge in [-0.2, -0.15) is 0 Å². The Bertz CT molecular complexity index is 548. The summed E-state index contributed by atoms with van der Waals surface area (Å²) in [5.41, 5.74) is 0.948. The molecule has 1 spiro atoms. The molecule has 0 aromatic rings. The summed E-state index contributed by atoms with van der Waals surface area (Å²) in [5.74, 6) is 3.17. The fourth-order valence-electron chi connectivity index (χ4n) is 9.26. The molecule has 4 rings (SSSR count). The molecule has 4 saturated carbocycles. The molecular formula is C25H44O4. The largest absolute Gasteiger partial charge is 0.396 e. The fraction of sp³-hybridized carbons (Fsp3) is 1.00. The molecule has 0 radical (unpaired) electrons. The number of rotatable bonds is 4. The van der Waals surface area contributed by atoms with E-state index < -0.39 is 0 Å². The summed E-state index contributed by atoms with van der Waals surface area (Å²) in [6.07, 6.45) is 7.34. The second-order valence-electron chi connectivity index (χ2n) is 12.4. The molecule has 4 nitrogen and oxygen atoms in total. The van der Waals surface area contributed by atoms with Crippen LogP contribution in [0.3, 0.4) is 0 Å². The van der Waals surface area contributed by atoms with Crippen LogP contribution in [0.2, 0.25) is 0 Å². The number of methoxy groups -OCH3 is 2. The average molecular weight is 409 g/mol. The summed E-state index contributed by atoms with van der Waals surface area (Å²) in [6.45, 7) is 10.4. The zero-order valence-electron chi connectivity index (χ0n) is 19.5. The van der Waals surface area contributed by atoms with Crippen molar-refractivity contribution in [1.82, 2.24) is 0 Å². The lowest BCUT2D eigenvalue weighted by atomic mass is 9.57. The number of hydrogen-bond acceptors (Lipinski definition) is 4. The molecule has 4 fully saturated rings. The van der Waals surface area contributed by atoms with Crippen molar-refractivity contribution in [2.24, 2.45) is 51.8 Å². The van der Waals surface area contributed by atoms with Crippen molar-refractivity contribution in [3.63, 3.8) is 0 Å². The van der Waals surface area contributed by atoms with E-state index in [-0.39, 0.29) is 37.3 Å². The molecule has 0 aromatic carbocycles. The molecule has 29 heavy (non-hydrogen) atoms. The van der Waals surface area contributed by atoms with Gasteiger partial charge in [0.1, 0.15) is 0 Å². The molecule has 168 valence electrons. The number of ether oxygens (including phenoxy) is 2. The van der Waals surface area contributed by atoms with Gasteiger partial charge in [-0.05, 0) is 90.3 Å². The van der Waals surface area contributed by atoms with Gasteiger partial charge in [-0.3, -0.25) is 0 Å². The van der Waals surface area contributed by atoms with E-state index in [2.05, 4.69) is 27.7 Å². The minimum atomic E-state index is 0.191. The van der Waals surface area contributed by atoms with Crippen LogP contribution >= 0.6 is 0 Å². The van der Waals surface area contributed by atoms with Crippen LogP contribution in [0.25, 0.3) is 0 Å². The van der Waals surface area contributed by atoms with Crippen molar-refractivity contribution in [3.05, 3.63) is 0 Å². The van der Waals surface area contributed by atoms with E-state index in [4.69, 9.17) is 9.47 Å². The van der Waals surface area contributed by atoms with Crippen molar-refractivity contribution in [1.29, 1.82) is 0 Å². The van der Waals surface area contributed by atoms with E-state index in [1.807, 2.05) is 14.2 Å². The summed E-state index contributed by atoms with van der Waals surface area (Å²) < 4.78 is 11.8. The maximum absolute atomic E-state index is 10.1. The van der Waals surface area contributed by atoms with Gasteiger partial charge in [-0.15, -0.1) is 0 Å². The highest BCUT2D eigenvalue weighted by Crippen LogP contribution is 2.75. The molecule has 9 unspecified atom stereocenters. The van der Waals surface area contributed by atoms with E-state index in [0.717, 1.165) is 25.7 Å². The van der Waals surface area contributed by atoms with Crippen LogP contribution in [0.1, 0.15) is 66.2 Å². The summed E-state index contributed by atoms with van der Waals surface area (Å²) in [7, 11) is 3.69. The van der Waals surface area contributed by atoms with Gasteiger partial charge in [-0.25, -0.2) is 0 Å². The maximum atomic E-state index is 10.1. The summed E-state index contributed by atoms with van der Waals surface area (Å²) in [5, 5.41) is 20.1. The second-order valence-corrected chi connectivity index (χ2v) is 12.4. The average Bonchev–Trinajstić information content (AvgIpc) is 3.04. The molecule has 9 atom stereocenters. The van der Waals surface area contributed by atoms with Gasteiger partial charge in [0.05, 0.1) is 12.2 Å². The molecule has 0 heterocycles. The third-order valence-electron chi connectivity index (χ3n) is 10.3. The van der Waals surface area contributed by atoms with Crippen LogP contribution in [0.4, 0.5) is 0 Å². The van der Waals surface area contributed by atoms with Gasteiger partial charge < -0.3 is 19.7 Å². The van der Waals surface area contributed by atoms with Gasteiger partial charge in [0.2, 0.25) is 0 Å². The first-order valence-electron chi connectivity index (χ1n) is 11.9. The predicted octanol–water partition coefficient (Wildman–Crippen LogP) is 4.13. The summed E-state index contributed by atoms with van der Waals surface area (Å²) >= 11 is 0. The molecule has 4 aliphatic carbocycles. The van der Waals surface area contributed by atoms with Gasteiger partial charge >= 0.3 is 0 Å². The van der Waals surface area contributed by atoms with Crippen LogP contribution in [-0.2, 0) is 9.47 Å². The Labute approximate surface area is 177 Å². The van der Waals surface area contributed by atoms with E-state index in [0.29, 0.717) is 39.9 Å². The Morgan fingerprint density at radius 1 is 0.655 bits per heavy atom. The molecule has 4 aliphatic rings. The minimum absolute atomic E-state index is 0.191. The van der Waals surface area contributed by atoms with E-state index >= 15 is 0 Å². The molecule has 2 N–H and O–H groups in total. The van der Waals surface area contributed by atoms with E-state index in [1.54, 1.807) is 0 Å². The van der Waals surface area contributed by atoms with Crippen LogP contribution in [0.5, 0.6) is 0 Å². The smallest absolute Gasteiger partial charge is 0.0835 e. The van der Waals surface area contributed by atoms with Crippen LogP contribution in [0, 0.1) is 51.8 Å². The highest BCUT2D eigenvalue weighted by molar-refractivity contribution is 5.18. The van der Waals surface area contributed by atoms with Gasteiger partial charge in [0.25, 0.3) is 0 Å². The lowest BCUT2D eigenvalue weighted by Crippen LogP contribution is -2.47. The minimum Gasteiger partial charge on any atom is -0.396 e. The lowest BCUT2D eigenvalue weighted by Gasteiger charge is -2.49. The Hall–Kier alpha value is -0.160. The maximum Gasteiger partial charge on any atom is 0.0835 e. The SMILES string of the molecule is COC1CC2C(CC1OC)C1(CC(C)(C)C3CC(CO)C(CO)CC31)CC2(C)C. The molecule has 0 bridgehead atoms. The zero-order chi connectivity index (χ0) is 21.2. The normalized spacial score (nSPS) is 50.5. The Morgan fingerprint density at radius 2 is 1.03 bits per heavy atom. The Kier molecular flexibility index (Phi) is 5.67. The van der Waals surface area contributed by atoms with Crippen LogP contribution < -0.4 is 0 Å². The third kappa shape index (κ3) is 3.23. The molecule has 0 amide bonds.